The van der Waals surface area contributed by atoms with Gasteiger partial charge in [-0.3, -0.25) is 5.43 Å². The lowest BCUT2D eigenvalue weighted by Crippen LogP contribution is -2.06. The van der Waals surface area contributed by atoms with Crippen LogP contribution in [0.5, 0.6) is 0 Å². The number of benzene rings is 2. The van der Waals surface area contributed by atoms with Crippen molar-refractivity contribution in [2.75, 3.05) is 5.43 Å². The Hall–Kier alpha value is -1.85. The molecule has 0 amide bonds. The van der Waals surface area contributed by atoms with Crippen LogP contribution in [-0.2, 0) is 4.89 Å². The molecular formula is C13H11BrN2O2. The standard InChI is InChI=1S/C13H11BrN2O2/c14-11-6-8-12(9-7-11)15-16-13(18-17)10-4-2-1-3-5-10/h1-9,15,17H. The van der Waals surface area contributed by atoms with Crippen molar-refractivity contribution in [3.63, 3.8) is 0 Å². The Labute approximate surface area is 113 Å². The fraction of sp³-hybridized carbons (Fsp3) is 0. The van der Waals surface area contributed by atoms with Gasteiger partial charge in [-0.05, 0) is 36.4 Å². The highest BCUT2D eigenvalue weighted by Gasteiger charge is 2.03. The molecule has 0 saturated carbocycles. The third kappa shape index (κ3) is 3.32. The summed E-state index contributed by atoms with van der Waals surface area (Å²) < 4.78 is 0.985. The lowest BCUT2D eigenvalue weighted by atomic mass is 10.2. The number of nitrogens with zero attached hydrogens (tertiary/aromatic N) is 1. The average Bonchev–Trinajstić information content (AvgIpc) is 2.43. The van der Waals surface area contributed by atoms with Crippen LogP contribution in [0.15, 0.2) is 64.2 Å². The third-order valence-electron chi connectivity index (χ3n) is 2.24. The maximum Gasteiger partial charge on any atom is 0.279 e. The van der Waals surface area contributed by atoms with Crippen LogP contribution in [0, 0.1) is 0 Å². The van der Waals surface area contributed by atoms with Gasteiger partial charge >= 0.3 is 0 Å². The van der Waals surface area contributed by atoms with Crippen molar-refractivity contribution in [2.45, 2.75) is 0 Å². The van der Waals surface area contributed by atoms with E-state index in [1.807, 2.05) is 42.5 Å². The molecule has 0 aliphatic rings. The zero-order valence-electron chi connectivity index (χ0n) is 9.38. The summed E-state index contributed by atoms with van der Waals surface area (Å²) in [6.07, 6.45) is 0. The molecule has 0 heterocycles. The summed E-state index contributed by atoms with van der Waals surface area (Å²) in [4.78, 5) is 4.26. The molecule has 0 aromatic heterocycles. The fourth-order valence-electron chi connectivity index (χ4n) is 1.36. The molecule has 0 fully saturated rings. The van der Waals surface area contributed by atoms with Gasteiger partial charge < -0.3 is 4.89 Å². The topological polar surface area (TPSA) is 53.9 Å². The number of rotatable bonds is 3. The van der Waals surface area contributed by atoms with E-state index in [1.54, 1.807) is 12.1 Å². The summed E-state index contributed by atoms with van der Waals surface area (Å²) in [5.41, 5.74) is 4.28. The lowest BCUT2D eigenvalue weighted by Gasteiger charge is -2.04. The number of hydrogen-bond donors (Lipinski definition) is 2. The maximum absolute atomic E-state index is 8.82. The van der Waals surface area contributed by atoms with Gasteiger partial charge in [-0.15, -0.1) is 5.10 Å². The first-order chi connectivity index (χ1) is 8.79. The van der Waals surface area contributed by atoms with Gasteiger partial charge in [-0.1, -0.05) is 34.1 Å². The van der Waals surface area contributed by atoms with Crippen molar-refractivity contribution >= 4 is 27.5 Å². The van der Waals surface area contributed by atoms with E-state index in [4.69, 9.17) is 5.26 Å². The maximum atomic E-state index is 8.82. The van der Waals surface area contributed by atoms with Crippen LogP contribution in [0.1, 0.15) is 5.56 Å². The Bertz CT molecular complexity index is 526. The smallest absolute Gasteiger partial charge is 0.279 e. The van der Waals surface area contributed by atoms with Crippen molar-refractivity contribution < 1.29 is 10.1 Å². The molecule has 4 nitrogen and oxygen atoms in total. The second-order valence-electron chi connectivity index (χ2n) is 3.49. The fourth-order valence-corrected chi connectivity index (χ4v) is 1.62. The molecule has 2 rings (SSSR count). The number of nitrogens with one attached hydrogen (secondary N) is 1. The monoisotopic (exact) mass is 306 g/mol. The van der Waals surface area contributed by atoms with Crippen LogP contribution in [0.25, 0.3) is 0 Å². The van der Waals surface area contributed by atoms with Crippen LogP contribution >= 0.6 is 15.9 Å². The first kappa shape index (κ1) is 12.6. The molecule has 0 unspecified atom stereocenters. The van der Waals surface area contributed by atoms with Crippen molar-refractivity contribution in [2.24, 2.45) is 5.10 Å². The summed E-state index contributed by atoms with van der Waals surface area (Å²) in [5.74, 6) is 0.110. The Morgan fingerprint density at radius 2 is 1.72 bits per heavy atom. The molecule has 0 saturated heterocycles. The minimum Gasteiger partial charge on any atom is -0.317 e. The zero-order chi connectivity index (χ0) is 12.8. The second kappa shape index (κ2) is 6.18. The zero-order valence-corrected chi connectivity index (χ0v) is 11.0. The van der Waals surface area contributed by atoms with E-state index in [2.05, 4.69) is 31.3 Å². The van der Waals surface area contributed by atoms with Crippen molar-refractivity contribution in [3.05, 3.63) is 64.6 Å². The predicted molar refractivity (Wildman–Crippen MR) is 74.5 cm³/mol. The molecule has 92 valence electrons. The lowest BCUT2D eigenvalue weighted by molar-refractivity contribution is -0.154. The van der Waals surface area contributed by atoms with Crippen LogP contribution in [-0.4, -0.2) is 11.2 Å². The van der Waals surface area contributed by atoms with Gasteiger partial charge in [0.2, 0.25) is 0 Å². The van der Waals surface area contributed by atoms with Gasteiger partial charge in [-0.2, -0.15) is 0 Å². The van der Waals surface area contributed by atoms with E-state index in [0.717, 1.165) is 10.2 Å². The van der Waals surface area contributed by atoms with Gasteiger partial charge in [0.1, 0.15) is 0 Å². The second-order valence-corrected chi connectivity index (χ2v) is 4.41. The first-order valence-corrected chi connectivity index (χ1v) is 6.05. The minimum absolute atomic E-state index is 0.110. The Balaban J connectivity index is 2.14. The summed E-state index contributed by atoms with van der Waals surface area (Å²) in [6.45, 7) is 0. The Kier molecular flexibility index (Phi) is 4.33. The molecule has 2 N–H and O–H groups in total. The molecule has 18 heavy (non-hydrogen) atoms. The van der Waals surface area contributed by atoms with Crippen molar-refractivity contribution in [1.29, 1.82) is 0 Å². The Morgan fingerprint density at radius 1 is 1.06 bits per heavy atom. The quantitative estimate of drug-likeness (QED) is 0.393. The third-order valence-corrected chi connectivity index (χ3v) is 2.77. The van der Waals surface area contributed by atoms with Gasteiger partial charge in [-0.25, -0.2) is 5.26 Å². The minimum atomic E-state index is 0.110. The van der Waals surface area contributed by atoms with E-state index < -0.39 is 0 Å². The van der Waals surface area contributed by atoms with E-state index in [-0.39, 0.29) is 5.90 Å². The molecule has 0 aliphatic carbocycles. The van der Waals surface area contributed by atoms with Crippen LogP contribution < -0.4 is 5.43 Å². The summed E-state index contributed by atoms with van der Waals surface area (Å²) in [6, 6.07) is 16.6. The van der Waals surface area contributed by atoms with Crippen molar-refractivity contribution in [1.82, 2.24) is 0 Å². The molecule has 0 radical (unpaired) electrons. The van der Waals surface area contributed by atoms with E-state index in [1.165, 1.54) is 0 Å². The largest absolute Gasteiger partial charge is 0.317 e. The molecule has 0 aliphatic heterocycles. The van der Waals surface area contributed by atoms with Gasteiger partial charge in [0, 0.05) is 10.0 Å². The highest BCUT2D eigenvalue weighted by molar-refractivity contribution is 9.10. The van der Waals surface area contributed by atoms with Gasteiger partial charge in [0.05, 0.1) is 5.69 Å². The first-order valence-electron chi connectivity index (χ1n) is 5.25. The molecule has 5 heteroatoms. The SMILES string of the molecule is OOC(=NNc1ccc(Br)cc1)c1ccccc1. The average molecular weight is 307 g/mol. The van der Waals surface area contributed by atoms with E-state index in [9.17, 15) is 0 Å². The molecule has 0 atom stereocenters. The van der Waals surface area contributed by atoms with Crippen LogP contribution in [0.2, 0.25) is 0 Å². The number of anilines is 1. The van der Waals surface area contributed by atoms with E-state index >= 15 is 0 Å². The van der Waals surface area contributed by atoms with E-state index in [0.29, 0.717) is 5.56 Å². The molecular weight excluding hydrogens is 296 g/mol. The number of hydrogen-bond acceptors (Lipinski definition) is 4. The molecule has 2 aromatic rings. The summed E-state index contributed by atoms with van der Waals surface area (Å²) >= 11 is 3.35. The number of halogens is 1. The molecule has 2 aromatic carbocycles. The molecule has 0 spiro atoms. The van der Waals surface area contributed by atoms with Gasteiger partial charge in [0.15, 0.2) is 0 Å². The van der Waals surface area contributed by atoms with Crippen LogP contribution in [0.3, 0.4) is 0 Å². The summed E-state index contributed by atoms with van der Waals surface area (Å²) in [5, 5.41) is 12.8. The van der Waals surface area contributed by atoms with Crippen LogP contribution in [0.4, 0.5) is 5.69 Å². The van der Waals surface area contributed by atoms with Crippen molar-refractivity contribution in [3.8, 4) is 0 Å². The predicted octanol–water partition coefficient (Wildman–Crippen LogP) is 3.71. The van der Waals surface area contributed by atoms with Gasteiger partial charge in [0.25, 0.3) is 5.90 Å². The molecule has 0 bridgehead atoms. The Morgan fingerprint density at radius 3 is 2.33 bits per heavy atom. The highest BCUT2D eigenvalue weighted by Crippen LogP contribution is 2.14. The number of hydrazone groups is 1. The normalized spacial score (nSPS) is 11.1. The highest BCUT2D eigenvalue weighted by atomic mass is 79.9. The summed E-state index contributed by atoms with van der Waals surface area (Å²) in [7, 11) is 0.